The predicted octanol–water partition coefficient (Wildman–Crippen LogP) is 2.56. The van der Waals surface area contributed by atoms with Crippen LogP contribution >= 0.6 is 0 Å². The number of benzene rings is 1. The average molecular weight is 458 g/mol. The maximum atomic E-state index is 14.6. The molecule has 1 saturated heterocycles. The molecule has 10 heteroatoms. The predicted molar refractivity (Wildman–Crippen MR) is 113 cm³/mol. The minimum atomic E-state index is -3.78. The summed E-state index contributed by atoms with van der Waals surface area (Å²) in [4.78, 5) is 27.4. The third-order valence-electron chi connectivity index (χ3n) is 6.09. The molecule has 1 aromatic carbocycles. The topological polar surface area (TPSA) is 86.8 Å². The molecule has 31 heavy (non-hydrogen) atoms. The van der Waals surface area contributed by atoms with Crippen LogP contribution in [-0.2, 0) is 19.6 Å². The summed E-state index contributed by atoms with van der Waals surface area (Å²) in [5.74, 6) is -3.11. The van der Waals surface area contributed by atoms with Gasteiger partial charge < -0.3 is 5.32 Å². The minimum absolute atomic E-state index is 0.103. The molecule has 7 nitrogen and oxygen atoms in total. The third kappa shape index (κ3) is 5.23. The lowest BCUT2D eigenvalue weighted by molar-refractivity contribution is -0.133. The van der Waals surface area contributed by atoms with Crippen molar-refractivity contribution < 1.29 is 26.8 Å². The molecule has 1 aromatic rings. The number of halogens is 2. The smallest absolute Gasteiger partial charge is 0.247 e. The maximum absolute atomic E-state index is 14.6. The number of hydrogen-bond donors (Lipinski definition) is 1. The van der Waals surface area contributed by atoms with E-state index in [0.29, 0.717) is 6.07 Å². The van der Waals surface area contributed by atoms with E-state index >= 15 is 0 Å². The SMILES string of the molecule is C[C@@]1(C(=O)NC2CCCCCCC2)CN(S(C)(=O)=O)CC(=O)N1c1ccc(F)cc1F. The molecule has 1 N–H and O–H groups in total. The second-order valence-corrected chi connectivity index (χ2v) is 10.6. The van der Waals surface area contributed by atoms with E-state index in [1.54, 1.807) is 0 Å². The van der Waals surface area contributed by atoms with Crippen LogP contribution in [0, 0.1) is 11.6 Å². The Morgan fingerprint density at radius 1 is 1.13 bits per heavy atom. The Kier molecular flexibility index (Phi) is 7.00. The molecule has 2 fully saturated rings. The number of amides is 2. The van der Waals surface area contributed by atoms with Crippen molar-refractivity contribution in [3.05, 3.63) is 29.8 Å². The highest BCUT2D eigenvalue weighted by Gasteiger charge is 2.51. The molecule has 0 unspecified atom stereocenters. The van der Waals surface area contributed by atoms with Gasteiger partial charge in [0, 0.05) is 18.7 Å². The fourth-order valence-electron chi connectivity index (χ4n) is 4.38. The van der Waals surface area contributed by atoms with Crippen molar-refractivity contribution >= 4 is 27.5 Å². The molecular weight excluding hydrogens is 428 g/mol. The molecule has 1 aliphatic carbocycles. The third-order valence-corrected chi connectivity index (χ3v) is 7.28. The zero-order valence-corrected chi connectivity index (χ0v) is 18.7. The number of sulfonamides is 1. The number of nitrogens with zero attached hydrogens (tertiary/aromatic N) is 2. The van der Waals surface area contributed by atoms with Crippen molar-refractivity contribution in [2.24, 2.45) is 0 Å². The van der Waals surface area contributed by atoms with Crippen molar-refractivity contribution in [3.8, 4) is 0 Å². The average Bonchev–Trinajstić information content (AvgIpc) is 2.64. The van der Waals surface area contributed by atoms with E-state index in [4.69, 9.17) is 0 Å². The Hall–Kier alpha value is -2.07. The van der Waals surface area contributed by atoms with E-state index in [1.807, 2.05) is 0 Å². The van der Waals surface area contributed by atoms with Gasteiger partial charge in [-0.05, 0) is 31.9 Å². The van der Waals surface area contributed by atoms with E-state index in [1.165, 1.54) is 6.92 Å². The number of carbonyl (C=O) groups excluding carboxylic acids is 2. The van der Waals surface area contributed by atoms with E-state index in [-0.39, 0.29) is 18.3 Å². The summed E-state index contributed by atoms with van der Waals surface area (Å²) in [6.07, 6.45) is 7.79. The van der Waals surface area contributed by atoms with Crippen LogP contribution in [0.5, 0.6) is 0 Å². The molecular formula is C21H29F2N3O4S. The number of rotatable bonds is 4. The lowest BCUT2D eigenvalue weighted by Crippen LogP contribution is -2.70. The number of nitrogens with one attached hydrogen (secondary N) is 1. The lowest BCUT2D eigenvalue weighted by Gasteiger charge is -2.47. The standard InChI is InChI=1S/C21H29F2N3O4S/c1-21(20(28)24-16-8-6-4-3-5-7-9-16)14-25(31(2,29)30)13-19(27)26(21)18-11-10-15(22)12-17(18)23/h10-12,16H,3-9,13-14H2,1-2H3,(H,24,28)/t21-/m0/s1. The van der Waals surface area contributed by atoms with Gasteiger partial charge in [0.05, 0.1) is 18.5 Å². The summed E-state index contributed by atoms with van der Waals surface area (Å²) in [5.41, 5.74) is -1.95. The molecule has 1 heterocycles. The maximum Gasteiger partial charge on any atom is 0.247 e. The molecule has 1 atom stereocenters. The normalized spacial score (nSPS) is 24.5. The van der Waals surface area contributed by atoms with E-state index < -0.39 is 45.6 Å². The molecule has 0 bridgehead atoms. The largest absolute Gasteiger partial charge is 0.351 e. The second kappa shape index (κ2) is 9.20. The second-order valence-electron chi connectivity index (χ2n) is 8.65. The van der Waals surface area contributed by atoms with Gasteiger partial charge in [-0.2, -0.15) is 4.31 Å². The van der Waals surface area contributed by atoms with Gasteiger partial charge in [-0.25, -0.2) is 17.2 Å². The van der Waals surface area contributed by atoms with Gasteiger partial charge in [-0.1, -0.05) is 32.1 Å². The number of hydrogen-bond acceptors (Lipinski definition) is 4. The van der Waals surface area contributed by atoms with Gasteiger partial charge in [0.2, 0.25) is 21.8 Å². The van der Waals surface area contributed by atoms with Crippen LogP contribution in [0.4, 0.5) is 14.5 Å². The van der Waals surface area contributed by atoms with Gasteiger partial charge >= 0.3 is 0 Å². The summed E-state index contributed by atoms with van der Waals surface area (Å²) in [7, 11) is -3.78. The molecule has 2 aliphatic rings. The molecule has 3 rings (SSSR count). The number of anilines is 1. The summed E-state index contributed by atoms with van der Waals surface area (Å²) in [5, 5.41) is 2.97. The van der Waals surface area contributed by atoms with Gasteiger partial charge in [0.1, 0.15) is 17.2 Å². The fourth-order valence-corrected chi connectivity index (χ4v) is 5.21. The Labute approximate surface area is 181 Å². The first-order valence-electron chi connectivity index (χ1n) is 10.6. The van der Waals surface area contributed by atoms with E-state index in [0.717, 1.165) is 72.5 Å². The van der Waals surface area contributed by atoms with Crippen LogP contribution in [0.3, 0.4) is 0 Å². The van der Waals surface area contributed by atoms with Crippen LogP contribution in [-0.4, -0.2) is 55.5 Å². The monoisotopic (exact) mass is 457 g/mol. The molecule has 0 aromatic heterocycles. The first kappa shape index (κ1) is 23.6. The highest BCUT2D eigenvalue weighted by molar-refractivity contribution is 7.88. The molecule has 1 saturated carbocycles. The lowest BCUT2D eigenvalue weighted by atomic mass is 9.92. The Morgan fingerprint density at radius 3 is 2.32 bits per heavy atom. The van der Waals surface area contributed by atoms with Crippen molar-refractivity contribution in [2.75, 3.05) is 24.2 Å². The van der Waals surface area contributed by atoms with Gasteiger partial charge in [0.25, 0.3) is 0 Å². The van der Waals surface area contributed by atoms with Crippen LogP contribution in [0.15, 0.2) is 18.2 Å². The quantitative estimate of drug-likeness (QED) is 0.753. The highest BCUT2D eigenvalue weighted by atomic mass is 32.2. The number of carbonyl (C=O) groups is 2. The Morgan fingerprint density at radius 2 is 1.74 bits per heavy atom. The van der Waals surface area contributed by atoms with Crippen molar-refractivity contribution in [1.82, 2.24) is 9.62 Å². The van der Waals surface area contributed by atoms with Crippen molar-refractivity contribution in [2.45, 2.75) is 63.5 Å². The first-order valence-corrected chi connectivity index (χ1v) is 12.4. The molecule has 172 valence electrons. The molecule has 0 spiro atoms. The van der Waals surface area contributed by atoms with Gasteiger partial charge in [-0.3, -0.25) is 14.5 Å². The summed E-state index contributed by atoms with van der Waals surface area (Å²) < 4.78 is 53.3. The van der Waals surface area contributed by atoms with E-state index in [9.17, 15) is 26.8 Å². The van der Waals surface area contributed by atoms with Gasteiger partial charge in [-0.15, -0.1) is 0 Å². The van der Waals surface area contributed by atoms with Gasteiger partial charge in [0.15, 0.2) is 0 Å². The molecule has 0 radical (unpaired) electrons. The number of piperazine rings is 1. The van der Waals surface area contributed by atoms with E-state index in [2.05, 4.69) is 5.32 Å². The van der Waals surface area contributed by atoms with Crippen molar-refractivity contribution in [1.29, 1.82) is 0 Å². The Balaban J connectivity index is 1.97. The minimum Gasteiger partial charge on any atom is -0.351 e. The first-order chi connectivity index (χ1) is 14.5. The Bertz CT molecular complexity index is 948. The summed E-state index contributed by atoms with van der Waals surface area (Å²) in [6.45, 7) is 0.568. The molecule has 2 amide bonds. The summed E-state index contributed by atoms with van der Waals surface area (Å²) >= 11 is 0. The highest BCUT2D eigenvalue weighted by Crippen LogP contribution is 2.33. The van der Waals surface area contributed by atoms with Crippen molar-refractivity contribution in [3.63, 3.8) is 0 Å². The van der Waals surface area contributed by atoms with Crippen LogP contribution in [0.25, 0.3) is 0 Å². The van der Waals surface area contributed by atoms with Crippen LogP contribution < -0.4 is 10.2 Å². The fraction of sp³-hybridized carbons (Fsp3) is 0.619. The molecule has 1 aliphatic heterocycles. The zero-order chi connectivity index (χ0) is 22.8. The summed E-state index contributed by atoms with van der Waals surface area (Å²) in [6, 6.07) is 2.63. The van der Waals surface area contributed by atoms with Crippen LogP contribution in [0.2, 0.25) is 0 Å². The zero-order valence-electron chi connectivity index (χ0n) is 17.9. The van der Waals surface area contributed by atoms with Crippen LogP contribution in [0.1, 0.15) is 51.9 Å².